The van der Waals surface area contributed by atoms with Crippen molar-refractivity contribution in [1.82, 2.24) is 29.3 Å². The van der Waals surface area contributed by atoms with E-state index in [0.717, 1.165) is 16.2 Å². The highest BCUT2D eigenvalue weighted by molar-refractivity contribution is 7.80. The molecule has 0 amide bonds. The Morgan fingerprint density at radius 2 is 1.44 bits per heavy atom. The van der Waals surface area contributed by atoms with Crippen molar-refractivity contribution in [2.75, 3.05) is 11.9 Å². The lowest BCUT2D eigenvalue weighted by Crippen LogP contribution is -2.52. The van der Waals surface area contributed by atoms with Crippen molar-refractivity contribution < 1.29 is 4.74 Å². The third-order valence-electron chi connectivity index (χ3n) is 4.92. The fourth-order valence-corrected chi connectivity index (χ4v) is 3.35. The molecule has 4 aromatic rings. The number of aromatic nitrogens is 6. The lowest BCUT2D eigenvalue weighted by atomic mass is 10.2. The van der Waals surface area contributed by atoms with Crippen molar-refractivity contribution in [3.05, 3.63) is 85.2 Å². The molecular formula is C23H29N7OS. The minimum absolute atomic E-state index is 0. The van der Waals surface area contributed by atoms with Crippen LogP contribution in [-0.4, -0.2) is 40.9 Å². The average Bonchev–Trinajstić information content (AvgIpc) is 3.56. The molecule has 0 aliphatic rings. The largest absolute Gasteiger partial charge is 0.370 e. The molecule has 0 fully saturated rings. The smallest absolute Gasteiger partial charge is 0.273 e. The molecule has 0 bridgehead atoms. The zero-order chi connectivity index (χ0) is 21.7. The second-order valence-corrected chi connectivity index (χ2v) is 7.90. The molecule has 0 aliphatic heterocycles. The van der Waals surface area contributed by atoms with Crippen molar-refractivity contribution in [2.24, 2.45) is 5.92 Å². The summed E-state index contributed by atoms with van der Waals surface area (Å²) in [6.07, 6.45) is 10.8. The van der Waals surface area contributed by atoms with Gasteiger partial charge in [-0.3, -0.25) is 0 Å². The van der Waals surface area contributed by atoms with E-state index in [0.29, 0.717) is 12.5 Å². The summed E-state index contributed by atoms with van der Waals surface area (Å²) in [6.45, 7) is 4.85. The van der Waals surface area contributed by atoms with Gasteiger partial charge in [0.05, 0.1) is 11.6 Å². The minimum atomic E-state index is -0.901. The number of nitrogens with one attached hydrogen (secondary N) is 1. The van der Waals surface area contributed by atoms with Crippen molar-refractivity contribution >= 4 is 22.9 Å². The third-order valence-corrected chi connectivity index (χ3v) is 5.50. The molecule has 0 spiro atoms. The topological polar surface area (TPSA) is 74.7 Å². The second kappa shape index (κ2) is 10.3. The number of nitrogens with zero attached hydrogens (tertiary/aromatic N) is 6. The summed E-state index contributed by atoms with van der Waals surface area (Å²) in [6, 6.07) is 13.7. The van der Waals surface area contributed by atoms with Gasteiger partial charge in [0.25, 0.3) is 5.79 Å². The first kappa shape index (κ1) is 23.4. The molecule has 0 unspecified atom stereocenters. The van der Waals surface area contributed by atoms with E-state index in [4.69, 9.17) is 17.0 Å². The van der Waals surface area contributed by atoms with Crippen molar-refractivity contribution in [2.45, 2.75) is 33.7 Å². The van der Waals surface area contributed by atoms with Crippen LogP contribution in [0.25, 0.3) is 0 Å². The number of hydrogen-bond acceptors (Lipinski definition) is 5. The Morgan fingerprint density at radius 3 is 1.84 bits per heavy atom. The number of ether oxygens (including phenoxy) is 1. The normalized spacial score (nSPS) is 11.3. The Balaban J connectivity index is 0.00000289. The fourth-order valence-electron chi connectivity index (χ4n) is 3.23. The van der Waals surface area contributed by atoms with E-state index in [1.807, 2.05) is 61.1 Å². The van der Waals surface area contributed by atoms with Crippen LogP contribution >= 0.6 is 12.2 Å². The molecule has 0 saturated heterocycles. The molecule has 168 valence electrons. The third kappa shape index (κ3) is 4.79. The van der Waals surface area contributed by atoms with Crippen LogP contribution in [0.4, 0.5) is 5.69 Å². The molecule has 0 aliphatic carbocycles. The summed E-state index contributed by atoms with van der Waals surface area (Å²) >= 11 is 5.36. The highest BCUT2D eigenvalue weighted by Crippen LogP contribution is 2.22. The summed E-state index contributed by atoms with van der Waals surface area (Å²) in [5, 5.41) is 16.7. The van der Waals surface area contributed by atoms with E-state index in [-0.39, 0.29) is 14.0 Å². The fraction of sp³-hybridized carbons (Fsp3) is 0.304. The van der Waals surface area contributed by atoms with E-state index < -0.39 is 5.79 Å². The molecular weight excluding hydrogens is 422 g/mol. The minimum Gasteiger partial charge on any atom is -0.370 e. The Labute approximate surface area is 193 Å². The number of rotatable bonds is 9. The maximum absolute atomic E-state index is 6.19. The number of thiocarbonyl (C=S) groups is 1. The molecule has 4 rings (SSSR count). The number of hydrogen-bond donors (Lipinski definition) is 1. The van der Waals surface area contributed by atoms with Crippen molar-refractivity contribution in [3.63, 3.8) is 0 Å². The van der Waals surface area contributed by atoms with Gasteiger partial charge in [-0.2, -0.15) is 15.3 Å². The number of benzene rings is 1. The Hall–Kier alpha value is -3.30. The van der Waals surface area contributed by atoms with Gasteiger partial charge in [-0.15, -0.1) is 0 Å². The Kier molecular flexibility index (Phi) is 7.55. The average molecular weight is 452 g/mol. The molecule has 1 N–H and O–H groups in total. The van der Waals surface area contributed by atoms with E-state index in [2.05, 4.69) is 34.5 Å². The maximum atomic E-state index is 6.19. The molecule has 3 heterocycles. The Bertz CT molecular complexity index is 988. The molecule has 1 aromatic carbocycles. The summed E-state index contributed by atoms with van der Waals surface area (Å²) in [5.41, 5.74) is 2.03. The zero-order valence-corrected chi connectivity index (χ0v) is 18.3. The molecule has 0 saturated carbocycles. The van der Waals surface area contributed by atoms with Gasteiger partial charge in [0, 0.05) is 48.8 Å². The van der Waals surface area contributed by atoms with Crippen LogP contribution in [0.5, 0.6) is 0 Å². The van der Waals surface area contributed by atoms with Gasteiger partial charge >= 0.3 is 0 Å². The van der Waals surface area contributed by atoms with Crippen LogP contribution in [0.15, 0.2) is 79.6 Å². The first-order valence-electron chi connectivity index (χ1n) is 10.1. The van der Waals surface area contributed by atoms with Gasteiger partial charge in [-0.05, 0) is 35.9 Å². The first-order chi connectivity index (χ1) is 15.1. The highest BCUT2D eigenvalue weighted by Gasteiger charge is 2.39. The van der Waals surface area contributed by atoms with Crippen LogP contribution in [0, 0.1) is 5.92 Å². The summed E-state index contributed by atoms with van der Waals surface area (Å²) in [4.78, 5) is 0.825. The lowest BCUT2D eigenvalue weighted by molar-refractivity contribution is -0.0174. The maximum Gasteiger partial charge on any atom is 0.273 e. The van der Waals surface area contributed by atoms with Crippen LogP contribution in [0.1, 0.15) is 26.8 Å². The molecule has 9 heteroatoms. The van der Waals surface area contributed by atoms with E-state index in [1.165, 1.54) is 0 Å². The zero-order valence-electron chi connectivity index (χ0n) is 17.5. The highest BCUT2D eigenvalue weighted by atomic mass is 32.1. The molecule has 0 atom stereocenters. The lowest BCUT2D eigenvalue weighted by Gasteiger charge is -2.34. The van der Waals surface area contributed by atoms with Crippen molar-refractivity contribution in [1.29, 1.82) is 0 Å². The molecule has 0 radical (unpaired) electrons. The SMILES string of the molecule is C.CC(C)C(=S)Nc1ccc(COCC(n2cccn2)(n2cccn2)n2cccn2)cc1. The van der Waals surface area contributed by atoms with Gasteiger partial charge in [-0.25, -0.2) is 14.0 Å². The van der Waals surface area contributed by atoms with Crippen LogP contribution in [0.3, 0.4) is 0 Å². The predicted octanol–water partition coefficient (Wildman–Crippen LogP) is 4.23. The van der Waals surface area contributed by atoms with Gasteiger partial charge in [-0.1, -0.05) is 45.6 Å². The van der Waals surface area contributed by atoms with Crippen LogP contribution in [-0.2, 0) is 17.1 Å². The van der Waals surface area contributed by atoms with E-state index in [1.54, 1.807) is 32.6 Å². The van der Waals surface area contributed by atoms with Gasteiger partial charge in [0.15, 0.2) is 0 Å². The van der Waals surface area contributed by atoms with Crippen LogP contribution < -0.4 is 5.32 Å². The molecule has 3 aromatic heterocycles. The Morgan fingerprint density at radius 1 is 0.938 bits per heavy atom. The predicted molar refractivity (Wildman–Crippen MR) is 129 cm³/mol. The standard InChI is InChI=1S/C22H25N7OS.CH4/c1-18(2)21(31)26-20-8-6-19(7-9-20)16-30-17-22(27-13-3-10-23-27,28-14-4-11-24-28)29-15-5-12-25-29;/h3-15,18H,16-17H2,1-2H3,(H,26,31);1H4. The second-order valence-electron chi connectivity index (χ2n) is 7.46. The summed E-state index contributed by atoms with van der Waals surface area (Å²) in [5.74, 6) is -0.598. The van der Waals surface area contributed by atoms with Gasteiger partial charge in [0.1, 0.15) is 6.61 Å². The van der Waals surface area contributed by atoms with Crippen LogP contribution in [0.2, 0.25) is 0 Å². The summed E-state index contributed by atoms with van der Waals surface area (Å²) in [7, 11) is 0. The molecule has 32 heavy (non-hydrogen) atoms. The van der Waals surface area contributed by atoms with Gasteiger partial charge in [0.2, 0.25) is 0 Å². The van der Waals surface area contributed by atoms with E-state index in [9.17, 15) is 0 Å². The quantitative estimate of drug-likeness (QED) is 0.384. The van der Waals surface area contributed by atoms with Crippen molar-refractivity contribution in [3.8, 4) is 0 Å². The van der Waals surface area contributed by atoms with Gasteiger partial charge < -0.3 is 10.1 Å². The number of anilines is 1. The molecule has 8 nitrogen and oxygen atoms in total. The first-order valence-corrected chi connectivity index (χ1v) is 10.5. The monoisotopic (exact) mass is 451 g/mol. The van der Waals surface area contributed by atoms with E-state index >= 15 is 0 Å². The summed E-state index contributed by atoms with van der Waals surface area (Å²) < 4.78 is 11.6.